The first-order valence-corrected chi connectivity index (χ1v) is 6.40. The summed E-state index contributed by atoms with van der Waals surface area (Å²) in [5.41, 5.74) is 1.20. The van der Waals surface area contributed by atoms with Gasteiger partial charge in [0.05, 0.1) is 0 Å². The van der Waals surface area contributed by atoms with Crippen molar-refractivity contribution < 1.29 is 9.90 Å². The van der Waals surface area contributed by atoms with E-state index in [1.54, 1.807) is 23.9 Å². The van der Waals surface area contributed by atoms with E-state index in [9.17, 15) is 4.79 Å². The summed E-state index contributed by atoms with van der Waals surface area (Å²) in [7, 11) is 0. The molecule has 1 rings (SSSR count). The molecule has 0 radical (unpaired) electrons. The van der Waals surface area contributed by atoms with Gasteiger partial charge in [0.2, 0.25) is 0 Å². The van der Waals surface area contributed by atoms with Crippen molar-refractivity contribution in [3.63, 3.8) is 0 Å². The van der Waals surface area contributed by atoms with Crippen molar-refractivity contribution in [3.05, 3.63) is 42.0 Å². The molecule has 0 aliphatic heterocycles. The van der Waals surface area contributed by atoms with Crippen molar-refractivity contribution in [1.29, 1.82) is 0 Å². The normalized spacial score (nSPS) is 9.47. The molecule has 1 aromatic rings. The number of thioether (sulfide) groups is 1. The quantitative estimate of drug-likeness (QED) is 0.474. The molecule has 0 atom stereocenters. The standard InChI is InChI=1S/C13H16O2S.CH4/c1-3-8-16-9-10(2)13(15)11-4-6-12(14)7-5-11;/h4-7,14H,2-3,8-9H2,1H3;1H4. The Morgan fingerprint density at radius 2 is 1.94 bits per heavy atom. The van der Waals surface area contributed by atoms with Gasteiger partial charge in [0.1, 0.15) is 5.75 Å². The molecular weight excluding hydrogens is 232 g/mol. The summed E-state index contributed by atoms with van der Waals surface area (Å²) in [5, 5.41) is 9.11. The predicted molar refractivity (Wildman–Crippen MR) is 75.9 cm³/mol. The second-order valence-corrected chi connectivity index (χ2v) is 4.64. The lowest BCUT2D eigenvalue weighted by Crippen LogP contribution is -2.04. The molecule has 0 heterocycles. The lowest BCUT2D eigenvalue weighted by molar-refractivity contribution is 0.103. The molecule has 1 N–H and O–H groups in total. The number of hydrogen-bond donors (Lipinski definition) is 1. The van der Waals surface area contributed by atoms with E-state index in [2.05, 4.69) is 13.5 Å². The van der Waals surface area contributed by atoms with E-state index in [0.717, 1.165) is 12.2 Å². The minimum absolute atomic E-state index is 0. The predicted octanol–water partition coefficient (Wildman–Crippen LogP) is 3.91. The lowest BCUT2D eigenvalue weighted by atomic mass is 10.1. The maximum Gasteiger partial charge on any atom is 0.189 e. The molecule has 0 saturated heterocycles. The summed E-state index contributed by atoms with van der Waals surface area (Å²) in [6.07, 6.45) is 1.10. The Bertz CT molecular complexity index is 368. The highest BCUT2D eigenvalue weighted by Gasteiger charge is 2.09. The van der Waals surface area contributed by atoms with E-state index >= 15 is 0 Å². The Kier molecular flexibility index (Phi) is 7.39. The summed E-state index contributed by atoms with van der Waals surface area (Å²) in [6, 6.07) is 6.26. The number of hydrogen-bond acceptors (Lipinski definition) is 3. The zero-order valence-electron chi connectivity index (χ0n) is 9.40. The van der Waals surface area contributed by atoms with Gasteiger partial charge < -0.3 is 5.11 Å². The van der Waals surface area contributed by atoms with E-state index in [4.69, 9.17) is 5.11 Å². The topological polar surface area (TPSA) is 37.3 Å². The van der Waals surface area contributed by atoms with Gasteiger partial charge in [0.25, 0.3) is 0 Å². The van der Waals surface area contributed by atoms with Gasteiger partial charge in [-0.15, -0.1) is 0 Å². The largest absolute Gasteiger partial charge is 0.508 e. The summed E-state index contributed by atoms with van der Waals surface area (Å²) in [4.78, 5) is 11.9. The second-order valence-electron chi connectivity index (χ2n) is 3.53. The molecule has 0 amide bonds. The van der Waals surface area contributed by atoms with E-state index < -0.39 is 0 Å². The number of aromatic hydroxyl groups is 1. The van der Waals surface area contributed by atoms with Crippen molar-refractivity contribution in [2.75, 3.05) is 11.5 Å². The van der Waals surface area contributed by atoms with Crippen LogP contribution in [0.4, 0.5) is 0 Å². The maximum atomic E-state index is 11.9. The molecule has 17 heavy (non-hydrogen) atoms. The first-order chi connectivity index (χ1) is 7.65. The van der Waals surface area contributed by atoms with E-state index in [0.29, 0.717) is 16.9 Å². The second kappa shape index (κ2) is 7.96. The number of phenols is 1. The van der Waals surface area contributed by atoms with Crippen LogP contribution < -0.4 is 0 Å². The van der Waals surface area contributed by atoms with Crippen molar-refractivity contribution >= 4 is 17.5 Å². The highest BCUT2D eigenvalue weighted by atomic mass is 32.2. The fourth-order valence-corrected chi connectivity index (χ4v) is 2.03. The molecule has 94 valence electrons. The summed E-state index contributed by atoms with van der Waals surface area (Å²) in [5.74, 6) is 1.85. The number of benzene rings is 1. The van der Waals surface area contributed by atoms with Crippen LogP contribution >= 0.6 is 11.8 Å². The van der Waals surface area contributed by atoms with Gasteiger partial charge in [0, 0.05) is 16.9 Å². The molecule has 3 heteroatoms. The summed E-state index contributed by atoms with van der Waals surface area (Å²) in [6.45, 7) is 5.90. The highest BCUT2D eigenvalue weighted by Crippen LogP contribution is 2.15. The number of carbonyl (C=O) groups is 1. The van der Waals surface area contributed by atoms with Crippen LogP contribution in [0.1, 0.15) is 31.1 Å². The number of Topliss-reactive ketones (excluding diaryl/α,β-unsaturated/α-hetero) is 1. The number of carbonyl (C=O) groups excluding carboxylic acids is 1. The third-order valence-electron chi connectivity index (χ3n) is 2.08. The monoisotopic (exact) mass is 252 g/mol. The maximum absolute atomic E-state index is 11.9. The van der Waals surface area contributed by atoms with Gasteiger partial charge in [-0.2, -0.15) is 11.8 Å². The minimum atomic E-state index is -0.0383. The van der Waals surface area contributed by atoms with Crippen molar-refractivity contribution in [1.82, 2.24) is 0 Å². The summed E-state index contributed by atoms with van der Waals surface area (Å²) < 4.78 is 0. The van der Waals surface area contributed by atoms with Crippen LogP contribution in [0.3, 0.4) is 0 Å². The van der Waals surface area contributed by atoms with Gasteiger partial charge in [-0.25, -0.2) is 0 Å². The van der Waals surface area contributed by atoms with Gasteiger partial charge in [-0.05, 0) is 36.4 Å². The average molecular weight is 252 g/mol. The Balaban J connectivity index is 0.00000256. The third-order valence-corrected chi connectivity index (χ3v) is 3.32. The van der Waals surface area contributed by atoms with Crippen molar-refractivity contribution in [2.45, 2.75) is 20.8 Å². The molecule has 0 aromatic heterocycles. The highest BCUT2D eigenvalue weighted by molar-refractivity contribution is 7.99. The van der Waals surface area contributed by atoms with E-state index in [1.807, 2.05) is 0 Å². The van der Waals surface area contributed by atoms with Crippen LogP contribution in [0.5, 0.6) is 5.75 Å². The lowest BCUT2D eigenvalue weighted by Gasteiger charge is -2.04. The van der Waals surface area contributed by atoms with Gasteiger partial charge in [0.15, 0.2) is 5.78 Å². The van der Waals surface area contributed by atoms with Crippen molar-refractivity contribution in [3.8, 4) is 5.75 Å². The third kappa shape index (κ3) is 5.09. The van der Waals surface area contributed by atoms with E-state index in [1.165, 1.54) is 12.1 Å². The average Bonchev–Trinajstić information content (AvgIpc) is 2.29. The molecule has 2 nitrogen and oxygen atoms in total. The Morgan fingerprint density at radius 3 is 2.47 bits per heavy atom. The van der Waals surface area contributed by atoms with Crippen LogP contribution in [-0.2, 0) is 0 Å². The molecule has 1 aromatic carbocycles. The molecule has 0 spiro atoms. The number of ketones is 1. The molecule has 0 bridgehead atoms. The molecule has 0 saturated carbocycles. The van der Waals surface area contributed by atoms with E-state index in [-0.39, 0.29) is 19.0 Å². The number of rotatable bonds is 6. The zero-order chi connectivity index (χ0) is 12.0. The van der Waals surface area contributed by atoms with Crippen LogP contribution in [0.15, 0.2) is 36.4 Å². The van der Waals surface area contributed by atoms with Crippen LogP contribution in [-0.4, -0.2) is 22.4 Å². The molecule has 0 aliphatic rings. The molecule has 0 unspecified atom stereocenters. The molecule has 0 fully saturated rings. The Morgan fingerprint density at radius 1 is 1.35 bits per heavy atom. The smallest absolute Gasteiger partial charge is 0.189 e. The van der Waals surface area contributed by atoms with Gasteiger partial charge >= 0.3 is 0 Å². The Hall–Kier alpha value is -1.22. The fourth-order valence-electron chi connectivity index (χ4n) is 1.22. The van der Waals surface area contributed by atoms with Gasteiger partial charge in [-0.3, -0.25) is 4.79 Å². The zero-order valence-corrected chi connectivity index (χ0v) is 10.2. The minimum Gasteiger partial charge on any atom is -0.508 e. The van der Waals surface area contributed by atoms with Crippen molar-refractivity contribution in [2.24, 2.45) is 0 Å². The Labute approximate surface area is 108 Å². The summed E-state index contributed by atoms with van der Waals surface area (Å²) >= 11 is 1.72. The van der Waals surface area contributed by atoms with Gasteiger partial charge in [-0.1, -0.05) is 20.9 Å². The number of phenolic OH excluding ortho intramolecular Hbond substituents is 1. The van der Waals surface area contributed by atoms with Crippen LogP contribution in [0.2, 0.25) is 0 Å². The SMILES string of the molecule is C.C=C(CSCCC)C(=O)c1ccc(O)cc1. The first kappa shape index (κ1) is 15.8. The first-order valence-electron chi connectivity index (χ1n) is 5.24. The molecular formula is C14H20O2S. The molecule has 0 aliphatic carbocycles. The van der Waals surface area contributed by atoms with Crippen LogP contribution in [0, 0.1) is 0 Å². The fraction of sp³-hybridized carbons (Fsp3) is 0.357. The van der Waals surface area contributed by atoms with Crippen LogP contribution in [0.25, 0.3) is 0 Å².